The highest BCUT2D eigenvalue weighted by molar-refractivity contribution is 6.09. The minimum Gasteiger partial charge on any atom is -0.495 e. The van der Waals surface area contributed by atoms with Gasteiger partial charge >= 0.3 is 0 Å². The van der Waals surface area contributed by atoms with Crippen LogP contribution >= 0.6 is 0 Å². The van der Waals surface area contributed by atoms with E-state index in [1.165, 1.54) is 12.7 Å². The second-order valence-corrected chi connectivity index (χ2v) is 4.81. The van der Waals surface area contributed by atoms with Gasteiger partial charge in [-0.25, -0.2) is 0 Å². The molecule has 2 aromatic rings. The first-order valence-electron chi connectivity index (χ1n) is 6.88. The summed E-state index contributed by atoms with van der Waals surface area (Å²) in [6.45, 7) is 2.10. The number of methoxy groups -OCH3 is 1. The van der Waals surface area contributed by atoms with Gasteiger partial charge in [-0.15, -0.1) is 0 Å². The fourth-order valence-corrected chi connectivity index (χ4v) is 2.16. The number of hydrogen-bond donors (Lipinski definition) is 1. The normalized spacial score (nSPS) is 10.2. The van der Waals surface area contributed by atoms with Gasteiger partial charge in [-0.05, 0) is 36.2 Å². The fraction of sp³-hybridized carbons (Fsp3) is 0.235. The summed E-state index contributed by atoms with van der Waals surface area (Å²) < 4.78 is 5.16. The Hall–Kier alpha value is -2.49. The number of para-hydroxylation sites is 1. The molecule has 0 atom stereocenters. The lowest BCUT2D eigenvalue weighted by molar-refractivity contribution is 0.0993. The first kappa shape index (κ1) is 14.9. The maximum absolute atomic E-state index is 12.6. The van der Waals surface area contributed by atoms with Crippen LogP contribution in [-0.4, -0.2) is 20.1 Å². The maximum Gasteiger partial charge on any atom is 0.260 e. The Morgan fingerprint density at radius 1 is 1.19 bits per heavy atom. The quantitative estimate of drug-likeness (QED) is 0.878. The molecular weight excluding hydrogens is 264 g/mol. The van der Waals surface area contributed by atoms with Crippen molar-refractivity contribution in [3.63, 3.8) is 0 Å². The lowest BCUT2D eigenvalue weighted by atomic mass is 10.1. The minimum atomic E-state index is -0.157. The van der Waals surface area contributed by atoms with Crippen LogP contribution in [0.2, 0.25) is 0 Å². The lowest BCUT2D eigenvalue weighted by Crippen LogP contribution is -2.27. The predicted octanol–water partition coefficient (Wildman–Crippen LogP) is 3.12. The van der Waals surface area contributed by atoms with Gasteiger partial charge in [0.05, 0.1) is 18.4 Å². The number of anilines is 2. The van der Waals surface area contributed by atoms with Gasteiger partial charge in [0.1, 0.15) is 5.75 Å². The number of benzene rings is 2. The summed E-state index contributed by atoms with van der Waals surface area (Å²) in [5.41, 5.74) is 8.86. The highest BCUT2D eigenvalue weighted by atomic mass is 16.5. The van der Waals surface area contributed by atoms with Gasteiger partial charge in [-0.1, -0.05) is 25.1 Å². The second-order valence-electron chi connectivity index (χ2n) is 4.81. The second kappa shape index (κ2) is 6.31. The summed E-state index contributed by atoms with van der Waals surface area (Å²) in [5.74, 6) is 0.353. The standard InChI is InChI=1S/C17H20N2O2/c1-4-12-8-10-13(11-9-12)19(2)17(20)14-6-5-7-15(21-3)16(14)18/h5-11H,4,18H2,1-3H3. The SMILES string of the molecule is CCc1ccc(N(C)C(=O)c2cccc(OC)c2N)cc1. The third-order valence-corrected chi connectivity index (χ3v) is 3.55. The van der Waals surface area contributed by atoms with Gasteiger partial charge in [0, 0.05) is 12.7 Å². The molecule has 2 N–H and O–H groups in total. The predicted molar refractivity (Wildman–Crippen MR) is 86.0 cm³/mol. The van der Waals surface area contributed by atoms with Crippen LogP contribution in [-0.2, 0) is 6.42 Å². The van der Waals surface area contributed by atoms with Crippen molar-refractivity contribution in [1.29, 1.82) is 0 Å². The molecular formula is C17H20N2O2. The van der Waals surface area contributed by atoms with Gasteiger partial charge in [0.25, 0.3) is 5.91 Å². The Labute approximate surface area is 125 Å². The molecule has 0 aliphatic rings. The van der Waals surface area contributed by atoms with E-state index in [-0.39, 0.29) is 5.91 Å². The number of ether oxygens (including phenoxy) is 1. The molecule has 4 nitrogen and oxygen atoms in total. The Balaban J connectivity index is 2.30. The van der Waals surface area contributed by atoms with E-state index in [1.54, 1.807) is 30.1 Å². The van der Waals surface area contributed by atoms with Crippen molar-refractivity contribution >= 4 is 17.3 Å². The third-order valence-electron chi connectivity index (χ3n) is 3.55. The molecule has 2 rings (SSSR count). The summed E-state index contributed by atoms with van der Waals surface area (Å²) in [4.78, 5) is 14.2. The molecule has 0 fully saturated rings. The molecule has 21 heavy (non-hydrogen) atoms. The van der Waals surface area contributed by atoms with Gasteiger partial charge in [-0.2, -0.15) is 0 Å². The monoisotopic (exact) mass is 284 g/mol. The van der Waals surface area contributed by atoms with Crippen molar-refractivity contribution in [2.24, 2.45) is 0 Å². The van der Waals surface area contributed by atoms with Gasteiger partial charge in [-0.3, -0.25) is 4.79 Å². The fourth-order valence-electron chi connectivity index (χ4n) is 2.16. The summed E-state index contributed by atoms with van der Waals surface area (Å²) >= 11 is 0. The highest BCUT2D eigenvalue weighted by Crippen LogP contribution is 2.27. The lowest BCUT2D eigenvalue weighted by Gasteiger charge is -2.19. The average Bonchev–Trinajstić information content (AvgIpc) is 2.54. The number of hydrogen-bond acceptors (Lipinski definition) is 3. The molecule has 0 radical (unpaired) electrons. The first-order valence-corrected chi connectivity index (χ1v) is 6.88. The van der Waals surface area contributed by atoms with E-state index in [1.807, 2.05) is 24.3 Å². The van der Waals surface area contributed by atoms with Gasteiger partial charge in [0.15, 0.2) is 0 Å². The molecule has 0 saturated carbocycles. The zero-order valence-corrected chi connectivity index (χ0v) is 12.6. The molecule has 4 heteroatoms. The van der Waals surface area contributed by atoms with E-state index < -0.39 is 0 Å². The van der Waals surface area contributed by atoms with E-state index in [9.17, 15) is 4.79 Å². The van der Waals surface area contributed by atoms with Crippen molar-refractivity contribution in [2.75, 3.05) is 24.8 Å². The van der Waals surface area contributed by atoms with E-state index in [2.05, 4.69) is 6.92 Å². The number of nitrogens with two attached hydrogens (primary N) is 1. The molecule has 0 aromatic heterocycles. The minimum absolute atomic E-state index is 0.157. The van der Waals surface area contributed by atoms with Crippen LogP contribution < -0.4 is 15.4 Å². The Morgan fingerprint density at radius 2 is 1.86 bits per heavy atom. The molecule has 2 aromatic carbocycles. The smallest absolute Gasteiger partial charge is 0.260 e. The number of amides is 1. The van der Waals surface area contributed by atoms with Crippen molar-refractivity contribution in [2.45, 2.75) is 13.3 Å². The van der Waals surface area contributed by atoms with E-state index >= 15 is 0 Å². The van der Waals surface area contributed by atoms with Crippen molar-refractivity contribution in [1.82, 2.24) is 0 Å². The van der Waals surface area contributed by atoms with Crippen LogP contribution in [0.25, 0.3) is 0 Å². The van der Waals surface area contributed by atoms with E-state index in [0.29, 0.717) is 17.0 Å². The summed E-state index contributed by atoms with van der Waals surface area (Å²) in [5, 5.41) is 0. The van der Waals surface area contributed by atoms with E-state index in [4.69, 9.17) is 10.5 Å². The molecule has 0 heterocycles. The number of carbonyl (C=O) groups is 1. The van der Waals surface area contributed by atoms with Crippen molar-refractivity contribution < 1.29 is 9.53 Å². The largest absolute Gasteiger partial charge is 0.495 e. The number of carbonyl (C=O) groups excluding carboxylic acids is 1. The summed E-state index contributed by atoms with van der Waals surface area (Å²) in [7, 11) is 3.27. The Kier molecular flexibility index (Phi) is 4.48. The van der Waals surface area contributed by atoms with Crippen LogP contribution in [0.1, 0.15) is 22.8 Å². The Morgan fingerprint density at radius 3 is 2.43 bits per heavy atom. The molecule has 0 bridgehead atoms. The number of rotatable bonds is 4. The zero-order valence-electron chi connectivity index (χ0n) is 12.6. The average molecular weight is 284 g/mol. The Bertz CT molecular complexity index is 636. The van der Waals surface area contributed by atoms with Crippen LogP contribution in [0.4, 0.5) is 11.4 Å². The summed E-state index contributed by atoms with van der Waals surface area (Å²) in [6, 6.07) is 13.1. The molecule has 0 spiro atoms. The molecule has 0 unspecified atom stereocenters. The molecule has 0 saturated heterocycles. The first-order chi connectivity index (χ1) is 10.1. The highest BCUT2D eigenvalue weighted by Gasteiger charge is 2.18. The summed E-state index contributed by atoms with van der Waals surface area (Å²) in [6.07, 6.45) is 0.973. The van der Waals surface area contributed by atoms with Crippen LogP contribution in [0, 0.1) is 0 Å². The molecule has 110 valence electrons. The molecule has 0 aliphatic carbocycles. The van der Waals surface area contributed by atoms with Crippen molar-refractivity contribution in [3.8, 4) is 5.75 Å². The third kappa shape index (κ3) is 2.99. The number of nitrogens with zero attached hydrogens (tertiary/aromatic N) is 1. The van der Waals surface area contributed by atoms with Crippen molar-refractivity contribution in [3.05, 3.63) is 53.6 Å². The number of nitrogen functional groups attached to an aromatic ring is 1. The maximum atomic E-state index is 12.6. The van der Waals surface area contributed by atoms with Gasteiger partial charge in [0.2, 0.25) is 0 Å². The number of aryl methyl sites for hydroxylation is 1. The van der Waals surface area contributed by atoms with Crippen LogP contribution in [0.15, 0.2) is 42.5 Å². The van der Waals surface area contributed by atoms with E-state index in [0.717, 1.165) is 12.1 Å². The van der Waals surface area contributed by atoms with Crippen LogP contribution in [0.3, 0.4) is 0 Å². The topological polar surface area (TPSA) is 55.6 Å². The zero-order chi connectivity index (χ0) is 15.4. The van der Waals surface area contributed by atoms with Gasteiger partial charge < -0.3 is 15.4 Å². The van der Waals surface area contributed by atoms with Crippen LogP contribution in [0.5, 0.6) is 5.75 Å². The molecule has 0 aliphatic heterocycles. The molecule has 1 amide bonds.